The first-order valence-electron chi connectivity index (χ1n) is 8.31. The van der Waals surface area contributed by atoms with Gasteiger partial charge in [0.15, 0.2) is 0 Å². The summed E-state index contributed by atoms with van der Waals surface area (Å²) in [6.07, 6.45) is 0. The van der Waals surface area contributed by atoms with Crippen molar-refractivity contribution in [2.75, 3.05) is 0 Å². The fourth-order valence-electron chi connectivity index (χ4n) is 2.89. The average Bonchev–Trinajstić information content (AvgIpc) is 2.68. The third-order valence-electron chi connectivity index (χ3n) is 5.11. The maximum atomic E-state index is 9.10. The smallest absolute Gasteiger partial charge is 0.113 e. The fraction of sp³-hybridized carbons (Fsp3) is 0.400. The molecule has 2 aromatic carbocycles. The molecule has 2 radical (unpaired) electrons. The summed E-state index contributed by atoms with van der Waals surface area (Å²) in [5.74, 6) is 0. The molecule has 1 aliphatic heterocycles. The molecular formula is C20H27BO2Si. The monoisotopic (exact) mass is 338 g/mol. The van der Waals surface area contributed by atoms with Crippen molar-refractivity contribution in [3.8, 4) is 11.1 Å². The van der Waals surface area contributed by atoms with Gasteiger partial charge in [0.05, 0.1) is 11.2 Å². The van der Waals surface area contributed by atoms with Gasteiger partial charge in [-0.15, -0.1) is 0 Å². The van der Waals surface area contributed by atoms with Crippen LogP contribution in [0.4, 0.5) is 0 Å². The number of hydrogen-bond acceptors (Lipinski definition) is 2. The van der Waals surface area contributed by atoms with Crippen molar-refractivity contribution in [1.29, 1.82) is 0 Å². The summed E-state index contributed by atoms with van der Waals surface area (Å²) in [7, 11) is 4.61. The van der Waals surface area contributed by atoms with Crippen LogP contribution in [0.5, 0.6) is 0 Å². The minimum atomic E-state index is -1.55. The van der Waals surface area contributed by atoms with Crippen LogP contribution in [-0.2, 0) is 0 Å². The average molecular weight is 338 g/mol. The lowest BCUT2D eigenvalue weighted by Crippen LogP contribution is -2.54. The minimum absolute atomic E-state index is 0.963. The molecule has 0 unspecified atom stereocenters. The Morgan fingerprint density at radius 3 is 1.83 bits per heavy atom. The third kappa shape index (κ3) is 3.37. The Labute approximate surface area is 148 Å². The fourth-order valence-corrected chi connectivity index (χ4v) is 6.26. The van der Waals surface area contributed by atoms with Crippen LogP contribution in [0, 0.1) is 0 Å². The van der Waals surface area contributed by atoms with Crippen LogP contribution in [0.3, 0.4) is 0 Å². The highest BCUT2D eigenvalue weighted by Gasteiger charge is 2.37. The lowest BCUT2D eigenvalue weighted by molar-refractivity contribution is -0.107. The summed E-state index contributed by atoms with van der Waals surface area (Å²) in [6.45, 7) is 11.1. The van der Waals surface area contributed by atoms with Crippen molar-refractivity contribution < 1.29 is 10.2 Å². The van der Waals surface area contributed by atoms with Gasteiger partial charge in [-0.3, -0.25) is 0 Å². The zero-order valence-corrected chi connectivity index (χ0v) is 16.5. The molecule has 2 aromatic rings. The van der Waals surface area contributed by atoms with Crippen molar-refractivity contribution in [3.05, 3.63) is 42.5 Å². The van der Waals surface area contributed by atoms with E-state index in [2.05, 4.69) is 49.5 Å². The molecule has 0 bridgehead atoms. The number of aliphatic hydroxyl groups is 2. The highest BCUT2D eigenvalue weighted by molar-refractivity contribution is 7.05. The van der Waals surface area contributed by atoms with Gasteiger partial charge in [-0.25, -0.2) is 0 Å². The van der Waals surface area contributed by atoms with Gasteiger partial charge in [0.2, 0.25) is 0 Å². The van der Waals surface area contributed by atoms with Crippen molar-refractivity contribution in [1.82, 2.24) is 0 Å². The van der Waals surface area contributed by atoms with Crippen LogP contribution >= 0.6 is 0 Å². The van der Waals surface area contributed by atoms with E-state index in [1.54, 1.807) is 27.7 Å². The quantitative estimate of drug-likeness (QED) is 0.779. The molecule has 0 saturated carbocycles. The van der Waals surface area contributed by atoms with Gasteiger partial charge in [-0.05, 0) is 44.0 Å². The third-order valence-corrected chi connectivity index (χ3v) is 8.70. The lowest BCUT2D eigenvalue weighted by Gasteiger charge is -2.31. The number of hydrogen-bond donors (Lipinski definition) is 2. The van der Waals surface area contributed by atoms with Crippen LogP contribution in [0.1, 0.15) is 27.7 Å². The summed E-state index contributed by atoms with van der Waals surface area (Å²) in [5.41, 5.74) is 1.69. The van der Waals surface area contributed by atoms with E-state index in [9.17, 15) is 0 Å². The molecule has 0 aromatic heterocycles. The van der Waals surface area contributed by atoms with Crippen molar-refractivity contribution in [2.24, 2.45) is 0 Å². The second-order valence-corrected chi connectivity index (χ2v) is 12.3. The zero-order chi connectivity index (χ0) is 18.3. The number of fused-ring (bicyclic) bond motifs is 3. The first kappa shape index (κ1) is 19.0. The Hall–Kier alpha value is -1.36. The predicted octanol–water partition coefficient (Wildman–Crippen LogP) is 1.81. The molecule has 0 atom stereocenters. The molecule has 24 heavy (non-hydrogen) atoms. The Balaban J connectivity index is 0.000000224. The molecule has 4 heteroatoms. The van der Waals surface area contributed by atoms with Gasteiger partial charge in [-0.2, -0.15) is 0 Å². The van der Waals surface area contributed by atoms with Gasteiger partial charge in [-0.1, -0.05) is 66.2 Å². The molecule has 0 saturated heterocycles. The second-order valence-electron chi connectivity index (χ2n) is 8.06. The second kappa shape index (κ2) is 6.18. The van der Waals surface area contributed by atoms with Crippen molar-refractivity contribution in [3.63, 3.8) is 0 Å². The van der Waals surface area contributed by atoms with Crippen LogP contribution in [0.25, 0.3) is 11.1 Å². The minimum Gasteiger partial charge on any atom is -0.387 e. The Bertz CT molecular complexity index is 728. The molecule has 2 nitrogen and oxygen atoms in total. The highest BCUT2D eigenvalue weighted by Crippen LogP contribution is 2.26. The first-order valence-corrected chi connectivity index (χ1v) is 11.3. The van der Waals surface area contributed by atoms with Crippen molar-refractivity contribution in [2.45, 2.75) is 52.0 Å². The van der Waals surface area contributed by atoms with E-state index >= 15 is 0 Å². The lowest BCUT2D eigenvalue weighted by atomic mass is 9.90. The van der Waals surface area contributed by atoms with Gasteiger partial charge in [0.1, 0.15) is 15.9 Å². The van der Waals surface area contributed by atoms with Gasteiger partial charge >= 0.3 is 0 Å². The topological polar surface area (TPSA) is 40.5 Å². The molecule has 3 rings (SSSR count). The standard InChI is InChI=1S/C14H13BSi.C6H14O2/c1-16(2)13-9-4-3-6-10(13)11-7-5-8-12(15)14(11)16;1-5(2,7)6(3,4)8/h3-9H,1-2H3;7-8H,1-4H3. The number of rotatable bonds is 1. The molecule has 1 heterocycles. The summed E-state index contributed by atoms with van der Waals surface area (Å²) < 4.78 is 0. The maximum Gasteiger partial charge on any atom is 0.113 e. The van der Waals surface area contributed by atoms with E-state index in [1.165, 1.54) is 21.5 Å². The Morgan fingerprint density at radius 2 is 1.29 bits per heavy atom. The van der Waals surface area contributed by atoms with E-state index in [0.717, 1.165) is 5.46 Å². The van der Waals surface area contributed by atoms with Crippen LogP contribution in [0.15, 0.2) is 42.5 Å². The van der Waals surface area contributed by atoms with Gasteiger partial charge in [0, 0.05) is 0 Å². The Morgan fingerprint density at radius 1 is 0.792 bits per heavy atom. The summed E-state index contributed by atoms with van der Waals surface area (Å²) in [4.78, 5) is 0. The molecule has 0 fully saturated rings. The molecule has 0 spiro atoms. The zero-order valence-electron chi connectivity index (χ0n) is 15.5. The SMILES string of the molecule is CC(C)(O)C(C)(C)O.[B]c1cccc2c1[Si](C)(C)c1ccccc1-2. The number of benzene rings is 2. The van der Waals surface area contributed by atoms with Crippen LogP contribution < -0.4 is 15.8 Å². The molecule has 2 N–H and O–H groups in total. The first-order chi connectivity index (χ1) is 10.9. The largest absolute Gasteiger partial charge is 0.387 e. The highest BCUT2D eigenvalue weighted by atomic mass is 28.3. The molecule has 1 aliphatic rings. The Kier molecular flexibility index (Phi) is 4.88. The summed E-state index contributed by atoms with van der Waals surface area (Å²) in [5, 5.41) is 21.1. The van der Waals surface area contributed by atoms with Gasteiger partial charge in [0.25, 0.3) is 0 Å². The normalized spacial score (nSPS) is 15.2. The molecular weight excluding hydrogens is 311 g/mol. The molecule has 0 aliphatic carbocycles. The van der Waals surface area contributed by atoms with E-state index in [-0.39, 0.29) is 0 Å². The molecule has 126 valence electrons. The van der Waals surface area contributed by atoms with Crippen LogP contribution in [-0.4, -0.2) is 37.3 Å². The van der Waals surface area contributed by atoms with Crippen molar-refractivity contribution >= 4 is 31.8 Å². The van der Waals surface area contributed by atoms with Crippen LogP contribution in [0.2, 0.25) is 13.1 Å². The van der Waals surface area contributed by atoms with E-state index < -0.39 is 19.3 Å². The van der Waals surface area contributed by atoms with E-state index in [4.69, 9.17) is 18.1 Å². The summed E-state index contributed by atoms with van der Waals surface area (Å²) >= 11 is 0. The maximum absolute atomic E-state index is 9.10. The molecule has 0 amide bonds. The van der Waals surface area contributed by atoms with E-state index in [0.29, 0.717) is 0 Å². The summed E-state index contributed by atoms with van der Waals surface area (Å²) in [6, 6.07) is 15.0. The predicted molar refractivity (Wildman–Crippen MR) is 107 cm³/mol. The van der Waals surface area contributed by atoms with Gasteiger partial charge < -0.3 is 10.2 Å². The van der Waals surface area contributed by atoms with E-state index in [1.807, 2.05) is 6.07 Å².